The number of hydrogen-bond acceptors (Lipinski definition) is 6. The van der Waals surface area contributed by atoms with Crippen LogP contribution in [0, 0.1) is 3.57 Å². The van der Waals surface area contributed by atoms with Gasteiger partial charge >= 0.3 is 0 Å². The van der Waals surface area contributed by atoms with E-state index in [-0.39, 0.29) is 5.56 Å². The molecule has 0 atom stereocenters. The first-order valence-electron chi connectivity index (χ1n) is 10.8. The van der Waals surface area contributed by atoms with E-state index in [9.17, 15) is 4.79 Å². The molecule has 0 saturated carbocycles. The summed E-state index contributed by atoms with van der Waals surface area (Å²) in [5.41, 5.74) is 1.71. The summed E-state index contributed by atoms with van der Waals surface area (Å²) in [5.74, 6) is 1.94. The van der Waals surface area contributed by atoms with Crippen LogP contribution in [0.3, 0.4) is 0 Å². The second-order valence-electron chi connectivity index (χ2n) is 7.60. The monoisotopic (exact) mass is 577 g/mol. The largest absolute Gasteiger partial charge is 0.493 e. The highest BCUT2D eigenvalue weighted by molar-refractivity contribution is 14.1. The maximum atomic E-state index is 13.4. The Morgan fingerprint density at radius 2 is 1.94 bits per heavy atom. The van der Waals surface area contributed by atoms with Crippen LogP contribution in [0.4, 0.5) is 0 Å². The van der Waals surface area contributed by atoms with Gasteiger partial charge in [0.2, 0.25) is 5.82 Å². The molecule has 3 aromatic carbocycles. The van der Waals surface area contributed by atoms with E-state index in [1.807, 2.05) is 42.5 Å². The lowest BCUT2D eigenvalue weighted by molar-refractivity contribution is 0.324. The summed E-state index contributed by atoms with van der Waals surface area (Å²) in [6.07, 6.45) is 3.26. The molecule has 7 nitrogen and oxygen atoms in total. The van der Waals surface area contributed by atoms with E-state index in [0.29, 0.717) is 46.2 Å². The summed E-state index contributed by atoms with van der Waals surface area (Å²) in [7, 11) is 1.57. The van der Waals surface area contributed by atoms with Crippen LogP contribution in [0.2, 0.25) is 0 Å². The molecule has 5 aromatic rings. The van der Waals surface area contributed by atoms with Crippen LogP contribution in [0.5, 0.6) is 11.5 Å². The number of halogens is 1. The minimum Gasteiger partial charge on any atom is -0.493 e. The molecule has 0 radical (unpaired) electrons. The highest BCUT2D eigenvalue weighted by atomic mass is 127. The number of para-hydroxylation sites is 2. The van der Waals surface area contributed by atoms with Crippen LogP contribution in [-0.4, -0.2) is 29.6 Å². The lowest BCUT2D eigenvalue weighted by atomic mass is 10.2. The molecule has 0 aliphatic heterocycles. The Kier molecular flexibility index (Phi) is 6.37. The lowest BCUT2D eigenvalue weighted by Gasteiger charge is -2.12. The average molecular weight is 577 g/mol. The zero-order chi connectivity index (χ0) is 24.4. The van der Waals surface area contributed by atoms with Gasteiger partial charge in [-0.25, -0.2) is 4.98 Å². The smallest absolute Gasteiger partial charge is 0.282 e. The SMILES string of the molecule is C=CCOc1c(I)cc(C=Nn2c(-c3cc4ccccc4o3)nc3ccccc3c2=O)cc1OC. The quantitative estimate of drug-likeness (QED) is 0.137. The highest BCUT2D eigenvalue weighted by Gasteiger charge is 2.17. The van der Waals surface area contributed by atoms with Crippen molar-refractivity contribution in [1.29, 1.82) is 0 Å². The third-order valence-corrected chi connectivity index (χ3v) is 6.12. The fraction of sp³-hybridized carbons (Fsp3) is 0.0741. The number of rotatable bonds is 7. The topological polar surface area (TPSA) is 78.9 Å². The van der Waals surface area contributed by atoms with Gasteiger partial charge in [-0.3, -0.25) is 4.79 Å². The Hall–Kier alpha value is -3.92. The summed E-state index contributed by atoms with van der Waals surface area (Å²) in [4.78, 5) is 18.1. The number of hydrogen-bond donors (Lipinski definition) is 0. The number of ether oxygens (including phenoxy) is 2. The van der Waals surface area contributed by atoms with Gasteiger partial charge in [0, 0.05) is 5.39 Å². The summed E-state index contributed by atoms with van der Waals surface area (Å²) in [6.45, 7) is 4.04. The molecule has 2 heterocycles. The van der Waals surface area contributed by atoms with E-state index < -0.39 is 0 Å². The number of aromatic nitrogens is 2. The van der Waals surface area contributed by atoms with Gasteiger partial charge in [-0.05, 0) is 64.6 Å². The van der Waals surface area contributed by atoms with Crippen LogP contribution in [0.1, 0.15) is 5.56 Å². The van der Waals surface area contributed by atoms with E-state index in [1.54, 1.807) is 43.7 Å². The van der Waals surface area contributed by atoms with Gasteiger partial charge in [0.05, 0.1) is 27.8 Å². The molecule has 0 aliphatic rings. The molecular weight excluding hydrogens is 557 g/mol. The van der Waals surface area contributed by atoms with Gasteiger partial charge in [-0.1, -0.05) is 43.0 Å². The standard InChI is InChI=1S/C27H20IN3O4/c1-3-12-34-25-20(28)13-17(14-23(25)33-2)16-29-31-26(24-15-18-8-4-7-11-22(18)35-24)30-21-10-6-5-9-19(21)27(31)32/h3-11,13-16H,1,12H2,2H3. The number of methoxy groups -OCH3 is 1. The van der Waals surface area contributed by atoms with Crippen molar-refractivity contribution in [2.75, 3.05) is 13.7 Å². The average Bonchev–Trinajstić information content (AvgIpc) is 3.31. The van der Waals surface area contributed by atoms with Crippen molar-refractivity contribution in [3.8, 4) is 23.1 Å². The second-order valence-corrected chi connectivity index (χ2v) is 8.76. The van der Waals surface area contributed by atoms with Crippen LogP contribution in [0.15, 0.2) is 93.7 Å². The van der Waals surface area contributed by atoms with Crippen LogP contribution in [-0.2, 0) is 0 Å². The molecule has 174 valence electrons. The van der Waals surface area contributed by atoms with Gasteiger partial charge in [0.15, 0.2) is 17.3 Å². The van der Waals surface area contributed by atoms with E-state index in [2.05, 4.69) is 34.3 Å². The van der Waals surface area contributed by atoms with Gasteiger partial charge in [0.1, 0.15) is 12.2 Å². The second kappa shape index (κ2) is 9.75. The molecule has 5 rings (SSSR count). The molecule has 0 N–H and O–H groups in total. The fourth-order valence-corrected chi connectivity index (χ4v) is 4.48. The Labute approximate surface area is 214 Å². The van der Waals surface area contributed by atoms with Gasteiger partial charge in [-0.15, -0.1) is 0 Å². The van der Waals surface area contributed by atoms with E-state index in [4.69, 9.17) is 18.9 Å². The Morgan fingerprint density at radius 3 is 2.74 bits per heavy atom. The summed E-state index contributed by atoms with van der Waals surface area (Å²) < 4.78 is 19.4. The van der Waals surface area contributed by atoms with Crippen LogP contribution >= 0.6 is 22.6 Å². The zero-order valence-corrected chi connectivity index (χ0v) is 20.9. The number of fused-ring (bicyclic) bond motifs is 2. The first-order chi connectivity index (χ1) is 17.1. The number of nitrogens with zero attached hydrogens (tertiary/aromatic N) is 3. The summed E-state index contributed by atoms with van der Waals surface area (Å²) >= 11 is 2.17. The molecule has 0 saturated heterocycles. The van der Waals surface area contributed by atoms with Gasteiger partial charge in [0.25, 0.3) is 5.56 Å². The minimum absolute atomic E-state index is 0.296. The molecule has 0 amide bonds. The Bertz CT molecular complexity index is 1620. The van der Waals surface area contributed by atoms with E-state index >= 15 is 0 Å². The van der Waals surface area contributed by atoms with Crippen molar-refractivity contribution in [2.24, 2.45) is 5.10 Å². The fourth-order valence-electron chi connectivity index (χ4n) is 3.70. The molecule has 0 unspecified atom stereocenters. The highest BCUT2D eigenvalue weighted by Crippen LogP contribution is 2.33. The third kappa shape index (κ3) is 4.44. The predicted octanol–water partition coefficient (Wildman–Crippen LogP) is 5.87. The molecular formula is C27H20IN3O4. The minimum atomic E-state index is -0.296. The molecule has 0 spiro atoms. The van der Waals surface area contributed by atoms with Crippen LogP contribution < -0.4 is 15.0 Å². The molecule has 2 aromatic heterocycles. The van der Waals surface area contributed by atoms with Crippen molar-refractivity contribution < 1.29 is 13.9 Å². The predicted molar refractivity (Wildman–Crippen MR) is 146 cm³/mol. The molecule has 0 bridgehead atoms. The normalized spacial score (nSPS) is 11.4. The molecule has 8 heteroatoms. The first-order valence-corrected chi connectivity index (χ1v) is 11.8. The maximum Gasteiger partial charge on any atom is 0.282 e. The van der Waals surface area contributed by atoms with E-state index in [0.717, 1.165) is 14.5 Å². The third-order valence-electron chi connectivity index (χ3n) is 5.32. The Morgan fingerprint density at radius 1 is 1.14 bits per heavy atom. The van der Waals surface area contributed by atoms with Crippen molar-refractivity contribution in [2.45, 2.75) is 0 Å². The van der Waals surface area contributed by atoms with Crippen molar-refractivity contribution >= 4 is 50.7 Å². The first kappa shape index (κ1) is 22.9. The van der Waals surface area contributed by atoms with Crippen molar-refractivity contribution in [1.82, 2.24) is 9.66 Å². The molecule has 35 heavy (non-hydrogen) atoms. The zero-order valence-electron chi connectivity index (χ0n) is 18.8. The molecule has 0 aliphatic carbocycles. The van der Waals surface area contributed by atoms with Gasteiger partial charge in [-0.2, -0.15) is 9.78 Å². The summed E-state index contributed by atoms with van der Waals surface area (Å²) in [5, 5.41) is 5.90. The number of furan rings is 1. The maximum absolute atomic E-state index is 13.4. The van der Waals surface area contributed by atoms with Gasteiger partial charge < -0.3 is 13.9 Å². The molecule has 0 fully saturated rings. The van der Waals surface area contributed by atoms with Crippen LogP contribution in [0.25, 0.3) is 33.5 Å². The number of benzene rings is 3. The lowest BCUT2D eigenvalue weighted by Crippen LogP contribution is -2.20. The Balaban J connectivity index is 1.65. The van der Waals surface area contributed by atoms with Crippen molar-refractivity contribution in [3.05, 3.63) is 98.9 Å². The summed E-state index contributed by atoms with van der Waals surface area (Å²) in [6, 6.07) is 20.4. The van der Waals surface area contributed by atoms with Crippen molar-refractivity contribution in [3.63, 3.8) is 0 Å². The van der Waals surface area contributed by atoms with E-state index in [1.165, 1.54) is 4.68 Å².